The SMILES string of the molecule is CCC(O)(c1cn(Cc2ccc3c(C4CC4)csc3c2)nn1)C(F)(F)F. The van der Waals surface area contributed by atoms with Crippen LogP contribution >= 0.6 is 11.3 Å². The van der Waals surface area contributed by atoms with Crippen LogP contribution in [-0.4, -0.2) is 26.3 Å². The van der Waals surface area contributed by atoms with E-state index in [-0.39, 0.29) is 0 Å². The minimum absolute atomic E-state index is 0.303. The molecule has 1 N–H and O–H groups in total. The summed E-state index contributed by atoms with van der Waals surface area (Å²) in [5.41, 5.74) is -1.11. The van der Waals surface area contributed by atoms with Crippen LogP contribution in [0.5, 0.6) is 0 Å². The monoisotopic (exact) mass is 381 g/mol. The fourth-order valence-corrected chi connectivity index (χ4v) is 4.29. The Morgan fingerprint density at radius 2 is 2.08 bits per heavy atom. The molecule has 0 aliphatic heterocycles. The number of aromatic nitrogens is 3. The van der Waals surface area contributed by atoms with E-state index in [0.717, 1.165) is 5.56 Å². The molecule has 0 radical (unpaired) electrons. The Labute approximate surface area is 152 Å². The molecule has 26 heavy (non-hydrogen) atoms. The van der Waals surface area contributed by atoms with Crippen molar-refractivity contribution < 1.29 is 18.3 Å². The van der Waals surface area contributed by atoms with Crippen molar-refractivity contribution in [1.82, 2.24) is 15.0 Å². The summed E-state index contributed by atoms with van der Waals surface area (Å²) in [7, 11) is 0. The van der Waals surface area contributed by atoms with Crippen LogP contribution < -0.4 is 0 Å². The molecular weight excluding hydrogens is 363 g/mol. The van der Waals surface area contributed by atoms with Gasteiger partial charge in [-0.2, -0.15) is 13.2 Å². The molecule has 1 saturated carbocycles. The normalized spacial score (nSPS) is 17.6. The molecule has 4 nitrogen and oxygen atoms in total. The molecule has 1 fully saturated rings. The van der Waals surface area contributed by atoms with Gasteiger partial charge in [0, 0.05) is 4.70 Å². The number of nitrogens with zero attached hydrogens (tertiary/aromatic N) is 3. The first-order chi connectivity index (χ1) is 12.3. The summed E-state index contributed by atoms with van der Waals surface area (Å²) in [6.45, 7) is 1.58. The van der Waals surface area contributed by atoms with Crippen LogP contribution in [0.2, 0.25) is 0 Å². The van der Waals surface area contributed by atoms with Gasteiger partial charge in [0.1, 0.15) is 5.69 Å². The second kappa shape index (κ2) is 6.06. The number of benzene rings is 1. The van der Waals surface area contributed by atoms with Gasteiger partial charge in [0.2, 0.25) is 5.60 Å². The third-order valence-corrected chi connectivity index (χ3v) is 5.94. The van der Waals surface area contributed by atoms with Crippen molar-refractivity contribution in [2.75, 3.05) is 0 Å². The van der Waals surface area contributed by atoms with Crippen LogP contribution in [0.1, 0.15) is 48.9 Å². The second-order valence-electron chi connectivity index (χ2n) is 6.81. The van der Waals surface area contributed by atoms with E-state index in [9.17, 15) is 18.3 Å². The number of rotatable bonds is 5. The van der Waals surface area contributed by atoms with Crippen LogP contribution in [-0.2, 0) is 12.1 Å². The van der Waals surface area contributed by atoms with Gasteiger partial charge < -0.3 is 5.11 Å². The van der Waals surface area contributed by atoms with E-state index in [2.05, 4.69) is 21.8 Å². The Balaban J connectivity index is 1.58. The zero-order valence-corrected chi connectivity index (χ0v) is 14.9. The highest BCUT2D eigenvalue weighted by molar-refractivity contribution is 7.17. The number of hydrogen-bond acceptors (Lipinski definition) is 4. The van der Waals surface area contributed by atoms with Crippen molar-refractivity contribution >= 4 is 21.4 Å². The fraction of sp³-hybridized carbons (Fsp3) is 0.444. The number of aliphatic hydroxyl groups is 1. The summed E-state index contributed by atoms with van der Waals surface area (Å²) in [4.78, 5) is 0. The van der Waals surface area contributed by atoms with Gasteiger partial charge in [-0.3, -0.25) is 0 Å². The van der Waals surface area contributed by atoms with Crippen molar-refractivity contribution in [2.45, 2.75) is 50.4 Å². The Kier molecular flexibility index (Phi) is 4.07. The molecule has 138 valence electrons. The number of fused-ring (bicyclic) bond motifs is 1. The van der Waals surface area contributed by atoms with Gasteiger partial charge >= 0.3 is 6.18 Å². The van der Waals surface area contributed by atoms with Crippen LogP contribution in [0, 0.1) is 0 Å². The van der Waals surface area contributed by atoms with E-state index >= 15 is 0 Å². The third kappa shape index (κ3) is 2.91. The standard InChI is InChI=1S/C18H18F3N3OS/c1-2-17(25,18(19,20)21)16-9-24(23-22-16)8-11-3-6-13-14(12-4-5-12)10-26-15(13)7-11/h3,6-7,9-10,12,25H,2,4-5,8H2,1H3. The molecule has 0 amide bonds. The molecule has 1 atom stereocenters. The molecule has 3 aromatic rings. The maximum absolute atomic E-state index is 13.1. The fourth-order valence-electron chi connectivity index (χ4n) is 3.18. The van der Waals surface area contributed by atoms with Gasteiger partial charge in [0.15, 0.2) is 0 Å². The van der Waals surface area contributed by atoms with E-state index in [4.69, 9.17) is 0 Å². The highest BCUT2D eigenvalue weighted by atomic mass is 32.1. The lowest BCUT2D eigenvalue weighted by molar-refractivity contribution is -0.269. The highest BCUT2D eigenvalue weighted by Gasteiger charge is 2.55. The number of alkyl halides is 3. The lowest BCUT2D eigenvalue weighted by Crippen LogP contribution is -2.42. The van der Waals surface area contributed by atoms with E-state index in [0.29, 0.717) is 12.5 Å². The first kappa shape index (κ1) is 17.5. The second-order valence-corrected chi connectivity index (χ2v) is 7.72. The predicted molar refractivity (Wildman–Crippen MR) is 93.2 cm³/mol. The largest absolute Gasteiger partial charge is 0.423 e. The molecule has 0 spiro atoms. The molecule has 1 aromatic carbocycles. The van der Waals surface area contributed by atoms with Crippen LogP contribution in [0.3, 0.4) is 0 Å². The Morgan fingerprint density at radius 1 is 1.31 bits per heavy atom. The van der Waals surface area contributed by atoms with Gasteiger partial charge in [-0.15, -0.1) is 16.4 Å². The van der Waals surface area contributed by atoms with Crippen molar-refractivity contribution in [3.8, 4) is 0 Å². The molecule has 1 aliphatic rings. The first-order valence-corrected chi connectivity index (χ1v) is 9.39. The van der Waals surface area contributed by atoms with Crippen LogP contribution in [0.25, 0.3) is 10.1 Å². The predicted octanol–water partition coefficient (Wildman–Crippen LogP) is 4.58. The van der Waals surface area contributed by atoms with E-state index < -0.39 is 23.9 Å². The lowest BCUT2D eigenvalue weighted by Gasteiger charge is -2.26. The topological polar surface area (TPSA) is 50.9 Å². The maximum Gasteiger partial charge on any atom is 0.423 e. The molecule has 2 heterocycles. The minimum Gasteiger partial charge on any atom is -0.375 e. The maximum atomic E-state index is 13.1. The average Bonchev–Trinajstić information content (AvgIpc) is 3.18. The average molecular weight is 381 g/mol. The van der Waals surface area contributed by atoms with Gasteiger partial charge in [-0.1, -0.05) is 24.3 Å². The minimum atomic E-state index is -4.79. The Bertz CT molecular complexity index is 945. The summed E-state index contributed by atoms with van der Waals surface area (Å²) in [5, 5.41) is 20.8. The van der Waals surface area contributed by atoms with Gasteiger partial charge in [0.25, 0.3) is 0 Å². The summed E-state index contributed by atoms with van der Waals surface area (Å²) in [6, 6.07) is 6.09. The molecule has 2 aromatic heterocycles. The number of thiophene rings is 1. The quantitative estimate of drug-likeness (QED) is 0.704. The lowest BCUT2D eigenvalue weighted by atomic mass is 9.96. The van der Waals surface area contributed by atoms with Crippen LogP contribution in [0.15, 0.2) is 29.8 Å². The highest BCUT2D eigenvalue weighted by Crippen LogP contribution is 2.45. The molecule has 1 aliphatic carbocycles. The zero-order chi connectivity index (χ0) is 18.5. The summed E-state index contributed by atoms with van der Waals surface area (Å²) >= 11 is 1.69. The van der Waals surface area contributed by atoms with Crippen molar-refractivity contribution in [2.24, 2.45) is 0 Å². The Morgan fingerprint density at radius 3 is 2.73 bits per heavy atom. The zero-order valence-electron chi connectivity index (χ0n) is 14.1. The van der Waals surface area contributed by atoms with E-state index in [1.807, 2.05) is 12.1 Å². The molecule has 0 bridgehead atoms. The van der Waals surface area contributed by atoms with Crippen LogP contribution in [0.4, 0.5) is 13.2 Å². The van der Waals surface area contributed by atoms with E-state index in [1.54, 1.807) is 11.3 Å². The number of hydrogen-bond donors (Lipinski definition) is 1. The molecule has 8 heteroatoms. The number of halogens is 3. The molecule has 0 saturated heterocycles. The summed E-state index contributed by atoms with van der Waals surface area (Å²) < 4.78 is 41.9. The van der Waals surface area contributed by atoms with Crippen molar-refractivity contribution in [1.29, 1.82) is 0 Å². The molecule has 1 unspecified atom stereocenters. The first-order valence-electron chi connectivity index (χ1n) is 8.51. The third-order valence-electron chi connectivity index (χ3n) is 4.97. The summed E-state index contributed by atoms with van der Waals surface area (Å²) in [5.74, 6) is 0.682. The smallest absolute Gasteiger partial charge is 0.375 e. The van der Waals surface area contributed by atoms with Gasteiger partial charge in [0.05, 0.1) is 12.7 Å². The van der Waals surface area contributed by atoms with Crippen molar-refractivity contribution in [3.63, 3.8) is 0 Å². The Hall–Kier alpha value is -1.93. The van der Waals surface area contributed by atoms with Gasteiger partial charge in [-0.05, 0) is 53.1 Å². The van der Waals surface area contributed by atoms with E-state index in [1.165, 1.54) is 46.3 Å². The molecule has 4 rings (SSSR count). The van der Waals surface area contributed by atoms with Crippen molar-refractivity contribution in [3.05, 3.63) is 46.6 Å². The van der Waals surface area contributed by atoms with Gasteiger partial charge in [-0.25, -0.2) is 4.68 Å². The summed E-state index contributed by atoms with van der Waals surface area (Å²) in [6.07, 6.45) is -1.65. The molecular formula is C18H18F3N3OS.